The fraction of sp³-hybridized carbons (Fsp3) is 0. The SMILES string of the molecule is c1ccc2c(c1)-c1ccccc1-c1ccc(-n3c4cccnc4n4c5ncccc5cc34)cc1-c1ccccc1-2. The van der Waals surface area contributed by atoms with Crippen molar-refractivity contribution in [3.63, 3.8) is 0 Å². The summed E-state index contributed by atoms with van der Waals surface area (Å²) in [5, 5.41) is 1.10. The van der Waals surface area contributed by atoms with Gasteiger partial charge in [-0.25, -0.2) is 9.97 Å². The molecular weight excluding hydrogens is 488 g/mol. The van der Waals surface area contributed by atoms with E-state index in [0.29, 0.717) is 0 Å². The zero-order valence-electron chi connectivity index (χ0n) is 21.5. The number of fused-ring (bicyclic) bond motifs is 13. The second-order valence-corrected chi connectivity index (χ2v) is 10.3. The fourth-order valence-electron chi connectivity index (χ4n) is 6.51. The Balaban J connectivity index is 1.40. The van der Waals surface area contributed by atoms with Gasteiger partial charge < -0.3 is 0 Å². The average Bonchev–Trinajstić information content (AvgIpc) is 3.55. The third-order valence-corrected chi connectivity index (χ3v) is 8.19. The Bertz CT molecular complexity index is 2280. The van der Waals surface area contributed by atoms with Gasteiger partial charge in [0.15, 0.2) is 5.65 Å². The second-order valence-electron chi connectivity index (χ2n) is 10.3. The molecule has 40 heavy (non-hydrogen) atoms. The van der Waals surface area contributed by atoms with Gasteiger partial charge in [0.05, 0.1) is 5.52 Å². The highest BCUT2D eigenvalue weighted by molar-refractivity contribution is 6.03. The van der Waals surface area contributed by atoms with Crippen LogP contribution in [0.25, 0.3) is 78.0 Å². The van der Waals surface area contributed by atoms with Crippen molar-refractivity contribution in [2.24, 2.45) is 0 Å². The molecule has 0 spiro atoms. The van der Waals surface area contributed by atoms with Crippen molar-refractivity contribution >= 4 is 27.8 Å². The maximum Gasteiger partial charge on any atom is 0.164 e. The Morgan fingerprint density at radius 1 is 0.425 bits per heavy atom. The molecule has 1 aliphatic carbocycles. The summed E-state index contributed by atoms with van der Waals surface area (Å²) in [5.41, 5.74) is 14.9. The lowest BCUT2D eigenvalue weighted by Gasteiger charge is -2.23. The lowest BCUT2D eigenvalue weighted by atomic mass is 9.81. The maximum atomic E-state index is 4.79. The normalized spacial score (nSPS) is 12.0. The summed E-state index contributed by atoms with van der Waals surface area (Å²) in [6.07, 6.45) is 3.70. The summed E-state index contributed by atoms with van der Waals surface area (Å²) in [6.45, 7) is 0. The van der Waals surface area contributed by atoms with Crippen LogP contribution in [0.15, 0.2) is 134 Å². The average molecular weight is 511 g/mol. The molecule has 4 heterocycles. The highest BCUT2D eigenvalue weighted by Gasteiger charge is 2.23. The Kier molecular flexibility index (Phi) is 4.30. The maximum absolute atomic E-state index is 4.79. The van der Waals surface area contributed by atoms with Gasteiger partial charge >= 0.3 is 0 Å². The predicted molar refractivity (Wildman–Crippen MR) is 163 cm³/mol. The molecule has 0 radical (unpaired) electrons. The van der Waals surface area contributed by atoms with Gasteiger partial charge in [0.2, 0.25) is 0 Å². The number of imidazole rings is 1. The Morgan fingerprint density at radius 3 is 1.57 bits per heavy atom. The fourth-order valence-corrected chi connectivity index (χ4v) is 6.51. The zero-order chi connectivity index (χ0) is 26.2. The van der Waals surface area contributed by atoms with E-state index in [0.717, 1.165) is 33.5 Å². The molecule has 9 rings (SSSR count). The van der Waals surface area contributed by atoms with E-state index in [2.05, 4.69) is 118 Å². The highest BCUT2D eigenvalue weighted by Crippen LogP contribution is 2.48. The Morgan fingerprint density at radius 2 is 0.950 bits per heavy atom. The van der Waals surface area contributed by atoms with Gasteiger partial charge in [-0.3, -0.25) is 8.97 Å². The van der Waals surface area contributed by atoms with Gasteiger partial charge in [0.1, 0.15) is 11.3 Å². The number of rotatable bonds is 1. The minimum Gasteiger partial charge on any atom is -0.292 e. The van der Waals surface area contributed by atoms with Crippen LogP contribution in [0.3, 0.4) is 0 Å². The van der Waals surface area contributed by atoms with Gasteiger partial charge in [-0.05, 0) is 87.0 Å². The number of benzene rings is 4. The van der Waals surface area contributed by atoms with Crippen molar-refractivity contribution in [1.82, 2.24) is 18.9 Å². The van der Waals surface area contributed by atoms with E-state index < -0.39 is 0 Å². The molecule has 1 aliphatic rings. The van der Waals surface area contributed by atoms with Crippen LogP contribution >= 0.6 is 0 Å². The van der Waals surface area contributed by atoms with Gasteiger partial charge in [-0.1, -0.05) is 78.9 Å². The molecule has 0 aliphatic heterocycles. The van der Waals surface area contributed by atoms with Gasteiger partial charge in [0, 0.05) is 23.5 Å². The van der Waals surface area contributed by atoms with E-state index in [4.69, 9.17) is 9.97 Å². The van der Waals surface area contributed by atoms with E-state index in [9.17, 15) is 0 Å². The molecule has 4 aromatic carbocycles. The van der Waals surface area contributed by atoms with Crippen LogP contribution in [0.2, 0.25) is 0 Å². The summed E-state index contributed by atoms with van der Waals surface area (Å²) in [7, 11) is 0. The molecule has 0 N–H and O–H groups in total. The third kappa shape index (κ3) is 2.85. The van der Waals surface area contributed by atoms with E-state index in [1.54, 1.807) is 0 Å². The largest absolute Gasteiger partial charge is 0.292 e. The highest BCUT2D eigenvalue weighted by atomic mass is 15.2. The van der Waals surface area contributed by atoms with Crippen LogP contribution in [0.4, 0.5) is 0 Å². The van der Waals surface area contributed by atoms with Crippen molar-refractivity contribution in [3.05, 3.63) is 134 Å². The third-order valence-electron chi connectivity index (χ3n) is 8.19. The minimum absolute atomic E-state index is 0.901. The smallest absolute Gasteiger partial charge is 0.164 e. The molecular formula is C36H22N4. The van der Waals surface area contributed by atoms with Crippen LogP contribution in [-0.2, 0) is 0 Å². The van der Waals surface area contributed by atoms with Crippen LogP contribution in [0, 0.1) is 0 Å². The Hall–Kier alpha value is -5.48. The topological polar surface area (TPSA) is 35.1 Å². The van der Waals surface area contributed by atoms with Crippen molar-refractivity contribution in [2.45, 2.75) is 0 Å². The molecule has 8 aromatic rings. The van der Waals surface area contributed by atoms with Crippen molar-refractivity contribution in [1.29, 1.82) is 0 Å². The van der Waals surface area contributed by atoms with Gasteiger partial charge in [0.25, 0.3) is 0 Å². The monoisotopic (exact) mass is 510 g/mol. The predicted octanol–water partition coefficient (Wildman–Crippen LogP) is 8.81. The standard InChI is InChI=1S/C36H22N4/c1-2-11-26-25(10-1)27-12-3-4-14-29(27)31-18-17-24(22-32(31)30-15-6-5-13-28(26)30)39-33-16-8-20-38-36(33)40-34(39)21-23-9-7-19-37-35(23)40/h1-22H. The quantitative estimate of drug-likeness (QED) is 0.221. The van der Waals surface area contributed by atoms with Crippen LogP contribution < -0.4 is 0 Å². The molecule has 0 atom stereocenters. The summed E-state index contributed by atoms with van der Waals surface area (Å²) in [6, 6.07) is 43.6. The van der Waals surface area contributed by atoms with E-state index in [1.807, 2.05) is 24.5 Å². The number of hydrogen-bond donors (Lipinski definition) is 0. The first kappa shape index (κ1) is 21.5. The molecule has 0 unspecified atom stereocenters. The molecule has 4 heteroatoms. The van der Waals surface area contributed by atoms with Gasteiger partial charge in [-0.2, -0.15) is 0 Å². The van der Waals surface area contributed by atoms with Crippen LogP contribution in [0.5, 0.6) is 0 Å². The summed E-state index contributed by atoms with van der Waals surface area (Å²) in [5.74, 6) is 0. The van der Waals surface area contributed by atoms with Gasteiger partial charge in [-0.15, -0.1) is 0 Å². The molecule has 4 aromatic heterocycles. The molecule has 0 amide bonds. The van der Waals surface area contributed by atoms with Crippen molar-refractivity contribution in [3.8, 4) is 50.2 Å². The summed E-state index contributed by atoms with van der Waals surface area (Å²) < 4.78 is 4.48. The molecule has 0 saturated carbocycles. The second kappa shape index (κ2) is 8.01. The summed E-state index contributed by atoms with van der Waals surface area (Å²) >= 11 is 0. The first-order valence-corrected chi connectivity index (χ1v) is 13.5. The molecule has 0 saturated heterocycles. The number of aromatic nitrogens is 4. The number of hydrogen-bond acceptors (Lipinski definition) is 2. The van der Waals surface area contributed by atoms with E-state index in [-0.39, 0.29) is 0 Å². The lowest BCUT2D eigenvalue weighted by molar-refractivity contribution is 1.14. The zero-order valence-corrected chi connectivity index (χ0v) is 21.5. The molecule has 4 nitrogen and oxygen atoms in total. The lowest BCUT2D eigenvalue weighted by Crippen LogP contribution is -1.99. The van der Waals surface area contributed by atoms with Crippen LogP contribution in [0.1, 0.15) is 0 Å². The number of nitrogens with zero attached hydrogens (tertiary/aromatic N) is 4. The Labute approximate surface area is 230 Å². The number of pyridine rings is 2. The summed E-state index contributed by atoms with van der Waals surface area (Å²) in [4.78, 5) is 9.49. The molecule has 186 valence electrons. The molecule has 0 bridgehead atoms. The first-order valence-electron chi connectivity index (χ1n) is 13.5. The molecule has 0 fully saturated rings. The van der Waals surface area contributed by atoms with E-state index in [1.165, 1.54) is 44.5 Å². The minimum atomic E-state index is 0.901. The van der Waals surface area contributed by atoms with Crippen LogP contribution in [-0.4, -0.2) is 18.9 Å². The van der Waals surface area contributed by atoms with E-state index >= 15 is 0 Å². The van der Waals surface area contributed by atoms with Crippen molar-refractivity contribution in [2.75, 3.05) is 0 Å². The van der Waals surface area contributed by atoms with Crippen molar-refractivity contribution < 1.29 is 0 Å². The first-order chi connectivity index (χ1) is 19.9.